The van der Waals surface area contributed by atoms with E-state index in [-0.39, 0.29) is 11.6 Å². The van der Waals surface area contributed by atoms with Crippen LogP contribution in [-0.2, 0) is 17.5 Å². The molecular formula is C25H22F3N5O2. The summed E-state index contributed by atoms with van der Waals surface area (Å²) in [5.74, 6) is -0.481. The summed E-state index contributed by atoms with van der Waals surface area (Å²) in [6.07, 6.45) is -1.06. The average Bonchev–Trinajstić information content (AvgIpc) is 3.55. The van der Waals surface area contributed by atoms with E-state index in [0.717, 1.165) is 40.8 Å². The van der Waals surface area contributed by atoms with Gasteiger partial charge in [0.2, 0.25) is 5.91 Å². The van der Waals surface area contributed by atoms with Crippen LogP contribution in [-0.4, -0.2) is 25.5 Å². The highest BCUT2D eigenvalue weighted by Crippen LogP contribution is 2.41. The Morgan fingerprint density at radius 3 is 2.57 bits per heavy atom. The van der Waals surface area contributed by atoms with E-state index in [1.54, 1.807) is 10.9 Å². The Morgan fingerprint density at radius 1 is 1.11 bits per heavy atom. The van der Waals surface area contributed by atoms with Crippen LogP contribution in [0, 0.1) is 13.8 Å². The number of carbonyl (C=O) groups excluding carboxylic acids is 1. The first kappa shape index (κ1) is 22.8. The molecule has 0 radical (unpaired) electrons. The van der Waals surface area contributed by atoms with Gasteiger partial charge in [0.25, 0.3) is 5.56 Å². The molecule has 0 aliphatic heterocycles. The van der Waals surface area contributed by atoms with Crippen LogP contribution in [0.3, 0.4) is 0 Å². The Balaban J connectivity index is 1.52. The number of amides is 1. The van der Waals surface area contributed by atoms with Crippen LogP contribution in [0.25, 0.3) is 16.6 Å². The number of nitrogens with one attached hydrogen (secondary N) is 1. The maximum absolute atomic E-state index is 13.4. The third-order valence-electron chi connectivity index (χ3n) is 6.18. The Kier molecular flexibility index (Phi) is 5.46. The van der Waals surface area contributed by atoms with Crippen molar-refractivity contribution in [2.24, 2.45) is 0 Å². The van der Waals surface area contributed by atoms with Crippen molar-refractivity contribution in [2.45, 2.75) is 45.3 Å². The van der Waals surface area contributed by atoms with Crippen molar-refractivity contribution in [3.05, 3.63) is 81.4 Å². The molecule has 35 heavy (non-hydrogen) atoms. The lowest BCUT2D eigenvalue weighted by molar-refractivity contribution is -0.137. The number of anilines is 1. The zero-order chi connectivity index (χ0) is 24.9. The number of hydrogen-bond donors (Lipinski definition) is 1. The van der Waals surface area contributed by atoms with Gasteiger partial charge in [0.1, 0.15) is 12.1 Å². The first-order chi connectivity index (χ1) is 16.6. The van der Waals surface area contributed by atoms with Gasteiger partial charge in [0, 0.05) is 17.0 Å². The van der Waals surface area contributed by atoms with Crippen molar-refractivity contribution < 1.29 is 18.0 Å². The molecule has 10 heteroatoms. The number of nitrogens with zero attached hydrogens (tertiary/aromatic N) is 4. The van der Waals surface area contributed by atoms with Gasteiger partial charge in [0.05, 0.1) is 23.1 Å². The van der Waals surface area contributed by atoms with Crippen molar-refractivity contribution in [1.29, 1.82) is 0 Å². The molecule has 0 atom stereocenters. The third-order valence-corrected chi connectivity index (χ3v) is 6.18. The summed E-state index contributed by atoms with van der Waals surface area (Å²) in [4.78, 5) is 26.1. The first-order valence-corrected chi connectivity index (χ1v) is 11.2. The van der Waals surface area contributed by atoms with Gasteiger partial charge in [-0.05, 0) is 68.1 Å². The molecule has 1 aliphatic rings. The number of benzene rings is 2. The summed E-state index contributed by atoms with van der Waals surface area (Å²) in [5.41, 5.74) is 2.49. The molecule has 180 valence electrons. The molecule has 2 heterocycles. The van der Waals surface area contributed by atoms with Gasteiger partial charge in [-0.1, -0.05) is 12.1 Å². The van der Waals surface area contributed by atoms with Gasteiger partial charge < -0.3 is 5.32 Å². The molecule has 0 unspecified atom stereocenters. The molecule has 2 aromatic carbocycles. The van der Waals surface area contributed by atoms with E-state index in [2.05, 4.69) is 15.5 Å². The topological polar surface area (TPSA) is 81.8 Å². The minimum atomic E-state index is -4.53. The second kappa shape index (κ2) is 8.37. The van der Waals surface area contributed by atoms with Crippen molar-refractivity contribution in [1.82, 2.24) is 19.6 Å². The Hall–Kier alpha value is -3.95. The highest BCUT2D eigenvalue weighted by molar-refractivity contribution is 5.91. The van der Waals surface area contributed by atoms with Gasteiger partial charge in [0.15, 0.2) is 0 Å². The standard InChI is InChI=1S/C25H22F3N5O2/c1-14-6-9-19(10-15(14)2)33-23-20(12-29-33)22(16-7-8-16)31-32(24(23)35)13-21(34)30-18-5-3-4-17(11-18)25(26,27)28/h3-6,9-12,16H,7-8,13H2,1-2H3,(H,30,34). The highest BCUT2D eigenvalue weighted by Gasteiger charge is 2.31. The molecule has 1 saturated carbocycles. The Morgan fingerprint density at radius 2 is 1.89 bits per heavy atom. The molecule has 1 aliphatic carbocycles. The van der Waals surface area contributed by atoms with E-state index in [1.165, 1.54) is 12.1 Å². The van der Waals surface area contributed by atoms with E-state index in [4.69, 9.17) is 0 Å². The fraction of sp³-hybridized carbons (Fsp3) is 0.280. The van der Waals surface area contributed by atoms with Gasteiger partial charge in [-0.15, -0.1) is 0 Å². The molecule has 0 saturated heterocycles. The van der Waals surface area contributed by atoms with E-state index in [0.29, 0.717) is 22.3 Å². The zero-order valence-corrected chi connectivity index (χ0v) is 19.1. The quantitative estimate of drug-likeness (QED) is 0.447. The van der Waals surface area contributed by atoms with Crippen LogP contribution in [0.1, 0.15) is 41.1 Å². The summed E-state index contributed by atoms with van der Waals surface area (Å²) in [7, 11) is 0. The molecule has 0 bridgehead atoms. The second-order valence-electron chi connectivity index (χ2n) is 8.84. The molecule has 4 aromatic rings. The highest BCUT2D eigenvalue weighted by atomic mass is 19.4. The van der Waals surface area contributed by atoms with E-state index < -0.39 is 29.8 Å². The van der Waals surface area contributed by atoms with E-state index in [9.17, 15) is 22.8 Å². The van der Waals surface area contributed by atoms with Crippen LogP contribution >= 0.6 is 0 Å². The number of alkyl halides is 3. The van der Waals surface area contributed by atoms with Crippen LogP contribution in [0.5, 0.6) is 0 Å². The van der Waals surface area contributed by atoms with Gasteiger partial charge in [-0.3, -0.25) is 9.59 Å². The number of rotatable bonds is 5. The predicted octanol–water partition coefficient (Wildman–Crippen LogP) is 4.73. The number of halogens is 3. The zero-order valence-electron chi connectivity index (χ0n) is 19.1. The van der Waals surface area contributed by atoms with E-state index in [1.807, 2.05) is 32.0 Å². The SMILES string of the molecule is Cc1ccc(-n2ncc3c(C4CC4)nn(CC(=O)Nc4cccc(C(F)(F)F)c4)c(=O)c32)cc1C. The summed E-state index contributed by atoms with van der Waals surface area (Å²) in [5, 5.41) is 12.0. The van der Waals surface area contributed by atoms with Crippen LogP contribution in [0.15, 0.2) is 53.5 Å². The van der Waals surface area contributed by atoms with Crippen LogP contribution in [0.4, 0.5) is 18.9 Å². The van der Waals surface area contributed by atoms with Crippen molar-refractivity contribution in [3.8, 4) is 5.69 Å². The maximum atomic E-state index is 13.4. The number of aryl methyl sites for hydroxylation is 2. The first-order valence-electron chi connectivity index (χ1n) is 11.2. The normalized spacial score (nSPS) is 13.9. The minimum Gasteiger partial charge on any atom is -0.324 e. The smallest absolute Gasteiger partial charge is 0.324 e. The lowest BCUT2D eigenvalue weighted by Crippen LogP contribution is -2.31. The number of aromatic nitrogens is 4. The van der Waals surface area contributed by atoms with Gasteiger partial charge >= 0.3 is 6.18 Å². The maximum Gasteiger partial charge on any atom is 0.416 e. The van der Waals surface area contributed by atoms with Gasteiger partial charge in [-0.2, -0.15) is 23.4 Å². The van der Waals surface area contributed by atoms with Crippen LogP contribution in [0.2, 0.25) is 0 Å². The molecule has 1 N–H and O–H groups in total. The predicted molar refractivity (Wildman–Crippen MR) is 125 cm³/mol. The molecule has 2 aromatic heterocycles. The minimum absolute atomic E-state index is 0.0125. The summed E-state index contributed by atoms with van der Waals surface area (Å²) >= 11 is 0. The van der Waals surface area contributed by atoms with Crippen molar-refractivity contribution in [2.75, 3.05) is 5.32 Å². The monoisotopic (exact) mass is 481 g/mol. The number of carbonyl (C=O) groups is 1. The lowest BCUT2D eigenvalue weighted by Gasteiger charge is -2.12. The second-order valence-corrected chi connectivity index (χ2v) is 8.84. The largest absolute Gasteiger partial charge is 0.416 e. The van der Waals surface area contributed by atoms with Crippen molar-refractivity contribution >= 4 is 22.5 Å². The van der Waals surface area contributed by atoms with Crippen molar-refractivity contribution in [3.63, 3.8) is 0 Å². The molecule has 5 rings (SSSR count). The fourth-order valence-electron chi connectivity index (χ4n) is 4.02. The molecule has 0 spiro atoms. The Labute approximate surface area is 198 Å². The van der Waals surface area contributed by atoms with Gasteiger partial charge in [-0.25, -0.2) is 9.36 Å². The lowest BCUT2D eigenvalue weighted by atomic mass is 10.1. The third kappa shape index (κ3) is 4.43. The molecular weight excluding hydrogens is 459 g/mol. The number of hydrogen-bond acceptors (Lipinski definition) is 4. The average molecular weight is 481 g/mol. The fourth-order valence-corrected chi connectivity index (χ4v) is 4.02. The summed E-state index contributed by atoms with van der Waals surface area (Å²) in [6, 6.07) is 10.1. The van der Waals surface area contributed by atoms with E-state index >= 15 is 0 Å². The summed E-state index contributed by atoms with van der Waals surface area (Å²) in [6.45, 7) is 3.52. The molecule has 1 amide bonds. The Bertz CT molecular complexity index is 1520. The molecule has 1 fully saturated rings. The molecule has 7 nitrogen and oxygen atoms in total. The van der Waals surface area contributed by atoms with Crippen LogP contribution < -0.4 is 10.9 Å². The summed E-state index contributed by atoms with van der Waals surface area (Å²) < 4.78 is 41.6. The number of fused-ring (bicyclic) bond motifs is 1.